The second-order valence-electron chi connectivity index (χ2n) is 5.10. The highest BCUT2D eigenvalue weighted by molar-refractivity contribution is 5.92. The van der Waals surface area contributed by atoms with Gasteiger partial charge in [0.1, 0.15) is 0 Å². The summed E-state index contributed by atoms with van der Waals surface area (Å²) in [4.78, 5) is 23.4. The predicted molar refractivity (Wildman–Crippen MR) is 81.9 cm³/mol. The minimum Gasteiger partial charge on any atom is -0.396 e. The number of para-hydroxylation sites is 1. The van der Waals surface area contributed by atoms with Crippen molar-refractivity contribution in [2.24, 2.45) is 5.92 Å². The molecule has 116 valence electrons. The van der Waals surface area contributed by atoms with E-state index in [1.807, 2.05) is 32.0 Å². The van der Waals surface area contributed by atoms with Crippen molar-refractivity contribution in [2.45, 2.75) is 26.3 Å². The Morgan fingerprint density at radius 2 is 1.86 bits per heavy atom. The maximum absolute atomic E-state index is 11.8. The highest BCUT2D eigenvalue weighted by Gasteiger charge is 2.15. The average Bonchev–Trinajstić information content (AvgIpc) is 2.45. The Kier molecular flexibility index (Phi) is 7.25. The molecule has 0 bridgehead atoms. The first-order valence-electron chi connectivity index (χ1n) is 7.03. The number of carbonyl (C=O) groups excluding carboxylic acids is 2. The van der Waals surface area contributed by atoms with Crippen molar-refractivity contribution < 1.29 is 14.7 Å². The first kappa shape index (κ1) is 17.0. The van der Waals surface area contributed by atoms with Crippen LogP contribution in [0.4, 0.5) is 10.5 Å². The van der Waals surface area contributed by atoms with E-state index in [0.29, 0.717) is 12.1 Å². The standard InChI is InChI=1S/C15H23N3O3/c1-11(2)13(8-9-19)18-14(20)10-16-15(21)17-12-6-4-3-5-7-12/h3-7,11,13,19H,8-10H2,1-2H3,(H,18,20)(H2,16,17,21). The van der Waals surface area contributed by atoms with Gasteiger partial charge in [0.25, 0.3) is 0 Å². The molecule has 0 saturated carbocycles. The molecule has 1 aromatic rings. The minimum atomic E-state index is -0.431. The van der Waals surface area contributed by atoms with Crippen LogP contribution in [0.2, 0.25) is 0 Å². The van der Waals surface area contributed by atoms with Crippen molar-refractivity contribution in [3.05, 3.63) is 30.3 Å². The van der Waals surface area contributed by atoms with Crippen LogP contribution in [-0.2, 0) is 4.79 Å². The molecule has 0 aliphatic rings. The normalized spacial score (nSPS) is 11.8. The molecule has 0 radical (unpaired) electrons. The van der Waals surface area contributed by atoms with Gasteiger partial charge in [-0.25, -0.2) is 4.79 Å². The SMILES string of the molecule is CC(C)C(CCO)NC(=O)CNC(=O)Nc1ccccc1. The van der Waals surface area contributed by atoms with Crippen LogP contribution in [0.15, 0.2) is 30.3 Å². The molecule has 21 heavy (non-hydrogen) atoms. The molecule has 3 amide bonds. The van der Waals surface area contributed by atoms with E-state index in [1.54, 1.807) is 12.1 Å². The zero-order valence-corrected chi connectivity index (χ0v) is 12.4. The lowest BCUT2D eigenvalue weighted by atomic mass is 10.0. The first-order chi connectivity index (χ1) is 10.0. The summed E-state index contributed by atoms with van der Waals surface area (Å²) in [6.07, 6.45) is 0.500. The maximum Gasteiger partial charge on any atom is 0.319 e. The number of benzene rings is 1. The van der Waals surface area contributed by atoms with Crippen LogP contribution in [0.1, 0.15) is 20.3 Å². The third-order valence-corrected chi connectivity index (χ3v) is 3.03. The van der Waals surface area contributed by atoms with Gasteiger partial charge >= 0.3 is 6.03 Å². The third kappa shape index (κ3) is 6.76. The van der Waals surface area contributed by atoms with Gasteiger partial charge in [-0.05, 0) is 24.5 Å². The molecule has 0 saturated heterocycles. The van der Waals surface area contributed by atoms with Crippen molar-refractivity contribution in [3.8, 4) is 0 Å². The van der Waals surface area contributed by atoms with Crippen LogP contribution in [0, 0.1) is 5.92 Å². The Hall–Kier alpha value is -2.08. The number of hydrogen-bond donors (Lipinski definition) is 4. The molecule has 1 atom stereocenters. The highest BCUT2D eigenvalue weighted by atomic mass is 16.3. The summed E-state index contributed by atoms with van der Waals surface area (Å²) in [5.74, 6) is -0.0513. The number of aliphatic hydroxyl groups is 1. The summed E-state index contributed by atoms with van der Waals surface area (Å²) in [5, 5.41) is 16.9. The lowest BCUT2D eigenvalue weighted by molar-refractivity contribution is -0.121. The Balaban J connectivity index is 2.33. The van der Waals surface area contributed by atoms with Gasteiger partial charge in [0.2, 0.25) is 5.91 Å². The van der Waals surface area contributed by atoms with E-state index in [9.17, 15) is 9.59 Å². The second kappa shape index (κ2) is 8.97. The smallest absolute Gasteiger partial charge is 0.319 e. The van der Waals surface area contributed by atoms with Crippen molar-refractivity contribution in [1.29, 1.82) is 0 Å². The van der Waals surface area contributed by atoms with Crippen LogP contribution < -0.4 is 16.0 Å². The summed E-state index contributed by atoms with van der Waals surface area (Å²) in [5.41, 5.74) is 0.663. The van der Waals surface area contributed by atoms with E-state index >= 15 is 0 Å². The van der Waals surface area contributed by atoms with Gasteiger partial charge in [-0.2, -0.15) is 0 Å². The molecule has 0 heterocycles. The van der Waals surface area contributed by atoms with Crippen molar-refractivity contribution in [3.63, 3.8) is 0 Å². The number of carbonyl (C=O) groups is 2. The maximum atomic E-state index is 11.8. The molecule has 6 heteroatoms. The molecule has 1 unspecified atom stereocenters. The lowest BCUT2D eigenvalue weighted by Crippen LogP contribution is -2.45. The number of urea groups is 1. The Bertz CT molecular complexity index is 449. The van der Waals surface area contributed by atoms with E-state index in [2.05, 4.69) is 16.0 Å². The number of rotatable bonds is 7. The molecule has 1 rings (SSSR count). The van der Waals surface area contributed by atoms with Crippen LogP contribution in [0.3, 0.4) is 0 Å². The summed E-state index contributed by atoms with van der Waals surface area (Å²) >= 11 is 0. The van der Waals surface area contributed by atoms with E-state index in [-0.39, 0.29) is 31.0 Å². The van der Waals surface area contributed by atoms with Crippen LogP contribution in [0.5, 0.6) is 0 Å². The number of aliphatic hydroxyl groups excluding tert-OH is 1. The molecule has 4 N–H and O–H groups in total. The lowest BCUT2D eigenvalue weighted by Gasteiger charge is -2.21. The minimum absolute atomic E-state index is 0.0189. The van der Waals surface area contributed by atoms with E-state index < -0.39 is 6.03 Å². The molecule has 0 fully saturated rings. The molecular weight excluding hydrogens is 270 g/mol. The summed E-state index contributed by atoms with van der Waals surface area (Å²) in [6, 6.07) is 8.46. The Morgan fingerprint density at radius 3 is 2.43 bits per heavy atom. The summed E-state index contributed by atoms with van der Waals surface area (Å²) < 4.78 is 0. The van der Waals surface area contributed by atoms with E-state index in [4.69, 9.17) is 5.11 Å². The Labute approximate surface area is 124 Å². The topological polar surface area (TPSA) is 90.5 Å². The molecule has 0 aliphatic heterocycles. The van der Waals surface area contributed by atoms with Gasteiger partial charge in [-0.3, -0.25) is 4.79 Å². The van der Waals surface area contributed by atoms with Crippen molar-refractivity contribution in [1.82, 2.24) is 10.6 Å². The monoisotopic (exact) mass is 293 g/mol. The van der Waals surface area contributed by atoms with E-state index in [1.165, 1.54) is 0 Å². The predicted octanol–water partition coefficient (Wildman–Crippen LogP) is 1.33. The quantitative estimate of drug-likeness (QED) is 0.611. The van der Waals surface area contributed by atoms with Crippen molar-refractivity contribution >= 4 is 17.6 Å². The van der Waals surface area contributed by atoms with Crippen molar-refractivity contribution in [2.75, 3.05) is 18.5 Å². The third-order valence-electron chi connectivity index (χ3n) is 3.03. The zero-order chi connectivity index (χ0) is 15.7. The summed E-state index contributed by atoms with van der Waals surface area (Å²) in [7, 11) is 0. The van der Waals surface area contributed by atoms with Crippen LogP contribution in [0.25, 0.3) is 0 Å². The molecule has 1 aromatic carbocycles. The summed E-state index contributed by atoms with van der Waals surface area (Å²) in [6.45, 7) is 3.85. The fraction of sp³-hybridized carbons (Fsp3) is 0.467. The van der Waals surface area contributed by atoms with Gasteiger partial charge in [0.05, 0.1) is 6.54 Å². The average molecular weight is 293 g/mol. The first-order valence-corrected chi connectivity index (χ1v) is 7.03. The molecule has 6 nitrogen and oxygen atoms in total. The van der Waals surface area contributed by atoms with Gasteiger partial charge in [-0.15, -0.1) is 0 Å². The number of hydrogen-bond acceptors (Lipinski definition) is 3. The largest absolute Gasteiger partial charge is 0.396 e. The number of nitrogens with one attached hydrogen (secondary N) is 3. The second-order valence-corrected chi connectivity index (χ2v) is 5.10. The zero-order valence-electron chi connectivity index (χ0n) is 12.4. The fourth-order valence-electron chi connectivity index (χ4n) is 1.83. The van der Waals surface area contributed by atoms with E-state index in [0.717, 1.165) is 0 Å². The molecule has 0 aromatic heterocycles. The van der Waals surface area contributed by atoms with Gasteiger partial charge in [0, 0.05) is 18.3 Å². The molecular formula is C15H23N3O3. The molecule has 0 spiro atoms. The van der Waals surface area contributed by atoms with Gasteiger partial charge < -0.3 is 21.1 Å². The Morgan fingerprint density at radius 1 is 1.19 bits per heavy atom. The fourth-order valence-corrected chi connectivity index (χ4v) is 1.83. The number of amides is 3. The van der Waals surface area contributed by atoms with Gasteiger partial charge in [-0.1, -0.05) is 32.0 Å². The molecule has 0 aliphatic carbocycles. The van der Waals surface area contributed by atoms with Crippen LogP contribution >= 0.6 is 0 Å². The number of anilines is 1. The van der Waals surface area contributed by atoms with Gasteiger partial charge in [0.15, 0.2) is 0 Å². The highest BCUT2D eigenvalue weighted by Crippen LogP contribution is 2.05. The van der Waals surface area contributed by atoms with Crippen LogP contribution in [-0.4, -0.2) is 36.2 Å².